The van der Waals surface area contributed by atoms with Gasteiger partial charge in [-0.2, -0.15) is 0 Å². The van der Waals surface area contributed by atoms with E-state index < -0.39 is 19.5 Å². The zero-order valence-electron chi connectivity index (χ0n) is 16.4. The van der Waals surface area contributed by atoms with Crippen LogP contribution in [0.4, 0.5) is 0 Å². The molecule has 0 amide bonds. The average molecular weight is 369 g/mol. The maximum atomic E-state index is 13.4. The Hall–Kier alpha value is -1.32. The van der Waals surface area contributed by atoms with Crippen LogP contribution in [0.3, 0.4) is 0 Å². The van der Waals surface area contributed by atoms with E-state index in [1.54, 1.807) is 12.1 Å². The Morgan fingerprint density at radius 2 is 1.68 bits per heavy atom. The van der Waals surface area contributed by atoms with Crippen LogP contribution in [-0.4, -0.2) is 24.3 Å². The number of esters is 1. The molecule has 0 spiro atoms. The number of rotatable bonds is 8. The first kappa shape index (κ1) is 21.7. The Morgan fingerprint density at radius 1 is 1.12 bits per heavy atom. The number of carbonyl (C=O) groups is 1. The van der Waals surface area contributed by atoms with Crippen LogP contribution in [0.1, 0.15) is 48.5 Å². The average Bonchev–Trinajstić information content (AvgIpc) is 2.50. The molecule has 0 aliphatic heterocycles. The smallest absolute Gasteiger partial charge is 0.323 e. The molecular weight excluding hydrogens is 337 g/mol. The summed E-state index contributed by atoms with van der Waals surface area (Å²) in [4.78, 5) is 12.5. The molecule has 0 fully saturated rings. The number of ether oxygens (including phenoxy) is 1. The topological polar surface area (TPSA) is 64.6 Å². The molecule has 0 saturated carbocycles. The van der Waals surface area contributed by atoms with Gasteiger partial charge in [0.2, 0.25) is 0 Å². The predicted molar refractivity (Wildman–Crippen MR) is 102 cm³/mol. The lowest BCUT2D eigenvalue weighted by Crippen LogP contribution is -2.43. The monoisotopic (exact) mass is 369 g/mol. The van der Waals surface area contributed by atoms with Gasteiger partial charge in [0.15, 0.2) is 0 Å². The molecule has 0 saturated heterocycles. The molecule has 1 aromatic rings. The van der Waals surface area contributed by atoms with Crippen LogP contribution in [-0.2, 0) is 14.1 Å². The number of carbonyl (C=O) groups excluding carboxylic acids is 1. The highest BCUT2D eigenvalue weighted by Crippen LogP contribution is 2.48. The predicted octanol–water partition coefficient (Wildman–Crippen LogP) is 4.87. The van der Waals surface area contributed by atoms with Gasteiger partial charge in [0.05, 0.1) is 12.3 Å². The van der Waals surface area contributed by atoms with Crippen molar-refractivity contribution in [2.75, 3.05) is 6.61 Å². The van der Waals surface area contributed by atoms with E-state index in [0.717, 1.165) is 0 Å². The Balaban J connectivity index is 2.94. The fourth-order valence-electron chi connectivity index (χ4n) is 1.96. The van der Waals surface area contributed by atoms with Gasteiger partial charge in [0.25, 0.3) is 0 Å². The van der Waals surface area contributed by atoms with Crippen molar-refractivity contribution in [2.24, 2.45) is 11.3 Å². The standard InChI is InChI=1S/C19H32NO4P/c1-14(2)17(18(21)23-13-19(5,6)7)20-25(22,15(3)4)24-16-11-9-8-10-12-16/h8-12,14-15,17H,13H2,1-7H3,(H,20,22)/t17-,25?/m0/s1. The molecule has 1 rings (SSSR count). The second-order valence-electron chi connectivity index (χ2n) is 8.11. The van der Waals surface area contributed by atoms with Crippen molar-refractivity contribution in [3.63, 3.8) is 0 Å². The van der Waals surface area contributed by atoms with Crippen LogP contribution in [0.2, 0.25) is 0 Å². The number of nitrogens with one attached hydrogen (secondary N) is 1. The SMILES string of the molecule is CC(C)[C@H](NP(=O)(Oc1ccccc1)C(C)C)C(=O)OCC(C)(C)C. The van der Waals surface area contributed by atoms with E-state index in [1.165, 1.54) is 0 Å². The Kier molecular flexibility index (Phi) is 7.70. The minimum Gasteiger partial charge on any atom is -0.464 e. The van der Waals surface area contributed by atoms with Crippen LogP contribution >= 0.6 is 7.52 Å². The summed E-state index contributed by atoms with van der Waals surface area (Å²) >= 11 is 0. The third kappa shape index (κ3) is 7.21. The van der Waals surface area contributed by atoms with Gasteiger partial charge in [-0.3, -0.25) is 9.36 Å². The molecule has 2 atom stereocenters. The highest BCUT2D eigenvalue weighted by Gasteiger charge is 2.37. The molecule has 142 valence electrons. The zero-order valence-corrected chi connectivity index (χ0v) is 17.3. The fourth-order valence-corrected chi connectivity index (χ4v) is 3.75. The van der Waals surface area contributed by atoms with Crippen molar-refractivity contribution in [3.8, 4) is 5.75 Å². The Labute approximate surface area is 152 Å². The molecule has 0 aliphatic rings. The second-order valence-corrected chi connectivity index (χ2v) is 10.8. The van der Waals surface area contributed by atoms with E-state index in [0.29, 0.717) is 12.4 Å². The molecule has 0 radical (unpaired) electrons. The lowest BCUT2D eigenvalue weighted by Gasteiger charge is -2.30. The van der Waals surface area contributed by atoms with Gasteiger partial charge >= 0.3 is 13.5 Å². The highest BCUT2D eigenvalue weighted by molar-refractivity contribution is 7.58. The molecule has 25 heavy (non-hydrogen) atoms. The number of para-hydroxylation sites is 1. The Bertz CT molecular complexity index is 593. The second kappa shape index (κ2) is 8.86. The van der Waals surface area contributed by atoms with Gasteiger partial charge in [0, 0.05) is 0 Å². The van der Waals surface area contributed by atoms with Crippen molar-refractivity contribution in [1.29, 1.82) is 0 Å². The summed E-state index contributed by atoms with van der Waals surface area (Å²) in [6.45, 7) is 13.7. The molecule has 1 N–H and O–H groups in total. The molecule has 1 unspecified atom stereocenters. The van der Waals surface area contributed by atoms with Crippen LogP contribution in [0, 0.1) is 11.3 Å². The first-order valence-electron chi connectivity index (χ1n) is 8.73. The maximum Gasteiger partial charge on any atom is 0.323 e. The van der Waals surface area contributed by atoms with Gasteiger partial charge in [-0.15, -0.1) is 0 Å². The normalized spacial score (nSPS) is 15.7. The summed E-state index contributed by atoms with van der Waals surface area (Å²) in [7, 11) is -3.29. The van der Waals surface area contributed by atoms with E-state index >= 15 is 0 Å². The summed E-state index contributed by atoms with van der Waals surface area (Å²) in [5.74, 6) is 0.0268. The number of benzene rings is 1. The molecule has 0 aromatic heterocycles. The summed E-state index contributed by atoms with van der Waals surface area (Å²) in [5.41, 5.74) is -0.413. The summed E-state index contributed by atoms with van der Waals surface area (Å²) in [6, 6.07) is 8.30. The minimum atomic E-state index is -3.29. The lowest BCUT2D eigenvalue weighted by molar-refractivity contribution is -0.149. The van der Waals surface area contributed by atoms with Gasteiger partial charge in [-0.25, -0.2) is 5.09 Å². The van der Waals surface area contributed by atoms with E-state index in [1.807, 2.05) is 66.7 Å². The molecule has 0 heterocycles. The van der Waals surface area contributed by atoms with E-state index in [4.69, 9.17) is 9.26 Å². The van der Waals surface area contributed by atoms with Crippen LogP contribution in [0.15, 0.2) is 30.3 Å². The van der Waals surface area contributed by atoms with Crippen molar-refractivity contribution in [1.82, 2.24) is 5.09 Å². The third-order valence-electron chi connectivity index (χ3n) is 3.55. The molecule has 6 heteroatoms. The quantitative estimate of drug-likeness (QED) is 0.523. The van der Waals surface area contributed by atoms with Gasteiger partial charge in [-0.1, -0.05) is 66.7 Å². The molecular formula is C19H32NO4P. The van der Waals surface area contributed by atoms with Crippen molar-refractivity contribution < 1.29 is 18.6 Å². The van der Waals surface area contributed by atoms with Gasteiger partial charge in [-0.05, 0) is 23.5 Å². The first-order valence-corrected chi connectivity index (χ1v) is 10.4. The van der Waals surface area contributed by atoms with Crippen molar-refractivity contribution in [3.05, 3.63) is 30.3 Å². The molecule has 5 nitrogen and oxygen atoms in total. The lowest BCUT2D eigenvalue weighted by atomic mass is 9.98. The Morgan fingerprint density at radius 3 is 2.12 bits per heavy atom. The zero-order chi connectivity index (χ0) is 19.3. The highest BCUT2D eigenvalue weighted by atomic mass is 31.2. The first-order chi connectivity index (χ1) is 11.4. The van der Waals surface area contributed by atoms with Gasteiger partial charge < -0.3 is 9.26 Å². The van der Waals surface area contributed by atoms with Crippen LogP contribution in [0.25, 0.3) is 0 Å². The number of hydrogen-bond acceptors (Lipinski definition) is 4. The third-order valence-corrected chi connectivity index (χ3v) is 6.03. The molecule has 0 aliphatic carbocycles. The van der Waals surface area contributed by atoms with Crippen molar-refractivity contribution in [2.45, 2.75) is 60.2 Å². The number of hydrogen-bond donors (Lipinski definition) is 1. The largest absolute Gasteiger partial charge is 0.464 e. The summed E-state index contributed by atoms with van der Waals surface area (Å²) in [6.07, 6.45) is 0. The molecule has 1 aromatic carbocycles. The van der Waals surface area contributed by atoms with E-state index in [-0.39, 0.29) is 17.0 Å². The maximum absolute atomic E-state index is 13.4. The molecule has 0 bridgehead atoms. The van der Waals surface area contributed by atoms with Gasteiger partial charge in [0.1, 0.15) is 11.8 Å². The van der Waals surface area contributed by atoms with E-state index in [2.05, 4.69) is 5.09 Å². The summed E-state index contributed by atoms with van der Waals surface area (Å²) in [5, 5.41) is 2.97. The van der Waals surface area contributed by atoms with Crippen LogP contribution < -0.4 is 9.61 Å². The van der Waals surface area contributed by atoms with Crippen molar-refractivity contribution >= 4 is 13.5 Å². The van der Waals surface area contributed by atoms with Crippen LogP contribution in [0.5, 0.6) is 5.75 Å². The van der Waals surface area contributed by atoms with E-state index in [9.17, 15) is 9.36 Å². The minimum absolute atomic E-state index is 0.0843. The fraction of sp³-hybridized carbons (Fsp3) is 0.632. The summed E-state index contributed by atoms with van der Waals surface area (Å²) < 4.78 is 24.6.